The number of hydrogen-bond donors (Lipinski definition) is 3. The van der Waals surface area contributed by atoms with E-state index in [1.54, 1.807) is 39.1 Å². The first-order chi connectivity index (χ1) is 30.0. The van der Waals surface area contributed by atoms with Gasteiger partial charge in [-0.15, -0.1) is 0 Å². The number of imide groups is 1. The Balaban J connectivity index is 0.818. The van der Waals surface area contributed by atoms with E-state index < -0.39 is 34.8 Å². The molecule has 15 nitrogen and oxygen atoms in total. The predicted molar refractivity (Wildman–Crippen MR) is 229 cm³/mol. The molecule has 0 bridgehead atoms. The average molecular weight is 864 g/mol. The molecule has 17 heteroatoms. The second kappa shape index (κ2) is 16.0. The van der Waals surface area contributed by atoms with Crippen molar-refractivity contribution in [3.05, 3.63) is 81.9 Å². The molecule has 6 heterocycles. The van der Waals surface area contributed by atoms with Gasteiger partial charge >= 0.3 is 5.69 Å². The van der Waals surface area contributed by atoms with E-state index >= 15 is 8.78 Å². The molecule has 4 fully saturated rings. The van der Waals surface area contributed by atoms with Crippen LogP contribution in [0.2, 0.25) is 0 Å². The molecular weight excluding hydrogens is 813 g/mol. The number of benzene rings is 2. The third kappa shape index (κ3) is 7.77. The maximum atomic E-state index is 16.4. The quantitative estimate of drug-likeness (QED) is 0.153. The second-order valence-corrected chi connectivity index (χ2v) is 18.5. The number of carbonyl (C=O) groups excluding carboxylic acids is 3. The molecular formula is C46H51F2N9O6. The first-order valence-corrected chi connectivity index (χ1v) is 21.8. The lowest BCUT2D eigenvalue weighted by molar-refractivity contribution is -0.179. The number of carbonyl (C=O) groups is 3. The lowest BCUT2D eigenvalue weighted by Gasteiger charge is -2.52. The molecule has 0 radical (unpaired) electrons. The zero-order valence-electron chi connectivity index (χ0n) is 35.6. The number of anilines is 2. The lowest BCUT2D eigenvalue weighted by Crippen LogP contribution is -2.59. The number of alkyl halides is 2. The Morgan fingerprint density at radius 2 is 1.79 bits per heavy atom. The van der Waals surface area contributed by atoms with Crippen LogP contribution < -0.4 is 21.2 Å². The van der Waals surface area contributed by atoms with Gasteiger partial charge in [0.1, 0.15) is 17.6 Å². The molecule has 3 aromatic heterocycles. The number of piperidine rings is 3. The van der Waals surface area contributed by atoms with Gasteiger partial charge < -0.3 is 19.7 Å². The Labute approximate surface area is 362 Å². The minimum atomic E-state index is -2.88. The van der Waals surface area contributed by atoms with Gasteiger partial charge in [-0.3, -0.25) is 38.7 Å². The summed E-state index contributed by atoms with van der Waals surface area (Å²) in [5, 5.41) is 25.4. The van der Waals surface area contributed by atoms with Crippen molar-refractivity contribution in [2.75, 3.05) is 42.9 Å². The number of rotatable bonds is 8. The zero-order valence-corrected chi connectivity index (χ0v) is 35.6. The largest absolute Gasteiger partial charge is 0.440 e. The Morgan fingerprint density at radius 1 is 1.05 bits per heavy atom. The number of oxazole rings is 1. The fourth-order valence-electron chi connectivity index (χ4n) is 10.5. The summed E-state index contributed by atoms with van der Waals surface area (Å²) in [6.45, 7) is 4.98. The van der Waals surface area contributed by atoms with Crippen molar-refractivity contribution in [1.29, 1.82) is 5.26 Å². The average Bonchev–Trinajstić information content (AvgIpc) is 3.79. The lowest BCUT2D eigenvalue weighted by atomic mass is 9.68. The predicted octanol–water partition coefficient (Wildman–Crippen LogP) is 6.11. The summed E-state index contributed by atoms with van der Waals surface area (Å²) in [6, 6.07) is 11.5. The van der Waals surface area contributed by atoms with Gasteiger partial charge in [0.05, 0.1) is 45.7 Å². The number of likely N-dealkylation sites (tertiary alicyclic amines) is 1. The van der Waals surface area contributed by atoms with Crippen molar-refractivity contribution in [3.8, 4) is 6.07 Å². The highest BCUT2D eigenvalue weighted by Gasteiger charge is 2.57. The third-order valence-electron chi connectivity index (χ3n) is 14.1. The van der Waals surface area contributed by atoms with Crippen molar-refractivity contribution < 1.29 is 32.7 Å². The van der Waals surface area contributed by atoms with Crippen molar-refractivity contribution in [2.24, 2.45) is 18.4 Å². The molecule has 3 aliphatic heterocycles. The number of fused-ring (bicyclic) bond motifs is 2. The van der Waals surface area contributed by atoms with Gasteiger partial charge in [0.25, 0.3) is 11.8 Å². The molecule has 9 rings (SSSR count). The molecule has 63 heavy (non-hydrogen) atoms. The number of halogens is 2. The Kier molecular flexibility index (Phi) is 10.7. The third-order valence-corrected chi connectivity index (χ3v) is 14.1. The number of aliphatic hydroxyl groups is 1. The smallest absolute Gasteiger partial charge is 0.329 e. The molecule has 330 valence electrons. The molecule has 1 aliphatic carbocycles. The maximum Gasteiger partial charge on any atom is 0.329 e. The van der Waals surface area contributed by atoms with Crippen LogP contribution in [0.5, 0.6) is 0 Å². The van der Waals surface area contributed by atoms with Gasteiger partial charge in [-0.1, -0.05) is 6.07 Å². The summed E-state index contributed by atoms with van der Waals surface area (Å²) >= 11 is 0. The fourth-order valence-corrected chi connectivity index (χ4v) is 10.5. The number of nitrogens with zero attached hydrogens (tertiary/aromatic N) is 7. The normalized spacial score (nSPS) is 22.9. The van der Waals surface area contributed by atoms with Gasteiger partial charge in [0.15, 0.2) is 11.5 Å². The number of para-hydroxylation sites is 1. The number of imidazole rings is 1. The van der Waals surface area contributed by atoms with E-state index in [0.29, 0.717) is 84.7 Å². The van der Waals surface area contributed by atoms with Crippen molar-refractivity contribution in [2.45, 2.75) is 95.1 Å². The zero-order chi connectivity index (χ0) is 44.4. The van der Waals surface area contributed by atoms with Crippen LogP contribution in [0, 0.1) is 22.7 Å². The van der Waals surface area contributed by atoms with Gasteiger partial charge in [0, 0.05) is 68.5 Å². The summed E-state index contributed by atoms with van der Waals surface area (Å²) in [7, 11) is 1.65. The molecule has 3 saturated heterocycles. The van der Waals surface area contributed by atoms with Crippen LogP contribution in [0.1, 0.15) is 111 Å². The Bertz CT molecular complexity index is 2730. The van der Waals surface area contributed by atoms with E-state index in [1.807, 2.05) is 23.1 Å². The summed E-state index contributed by atoms with van der Waals surface area (Å²) in [4.78, 5) is 64.0. The molecule has 1 spiro atoms. The topological polar surface area (TPSA) is 192 Å². The van der Waals surface area contributed by atoms with Crippen molar-refractivity contribution in [3.63, 3.8) is 0 Å². The van der Waals surface area contributed by atoms with E-state index in [0.717, 1.165) is 31.4 Å². The molecule has 2 aromatic carbocycles. The molecule has 3 N–H and O–H groups in total. The molecule has 5 aromatic rings. The summed E-state index contributed by atoms with van der Waals surface area (Å²) in [5.74, 6) is -3.36. The van der Waals surface area contributed by atoms with Crippen LogP contribution >= 0.6 is 0 Å². The molecule has 1 unspecified atom stereocenters. The molecule has 1 atom stereocenters. The Hall–Kier alpha value is -5.99. The van der Waals surface area contributed by atoms with Crippen LogP contribution in [0.3, 0.4) is 0 Å². The van der Waals surface area contributed by atoms with E-state index in [1.165, 1.54) is 27.6 Å². The van der Waals surface area contributed by atoms with Crippen LogP contribution in [-0.2, 0) is 22.2 Å². The minimum Gasteiger partial charge on any atom is -0.440 e. The summed E-state index contributed by atoms with van der Waals surface area (Å²) in [6.07, 6.45) is 7.42. The number of nitriles is 1. The first kappa shape index (κ1) is 42.3. The van der Waals surface area contributed by atoms with Gasteiger partial charge in [-0.05, 0) is 102 Å². The Morgan fingerprint density at radius 3 is 2.49 bits per heavy atom. The number of nitrogens with one attached hydrogen (secondary N) is 2. The summed E-state index contributed by atoms with van der Waals surface area (Å²) < 4.78 is 42.0. The summed E-state index contributed by atoms with van der Waals surface area (Å²) in [5.41, 5.74) is 1.45. The van der Waals surface area contributed by atoms with E-state index in [2.05, 4.69) is 20.5 Å². The number of pyridine rings is 1. The number of aromatic nitrogens is 4. The SMILES string of the molecule is Cn1c(=O)n(C2CCC(=O)NC2=O)c2cccc(N3CCC4(CCN(CC5CCC(c6nc7cc(C(C)(C)O)c(NC(=O)c8cncc(C#N)c8)cc7o6)CC5)CC4(F)F)CC3)c21. The maximum absolute atomic E-state index is 16.4. The molecule has 4 aliphatic rings. The van der Waals surface area contributed by atoms with Crippen LogP contribution in [-0.4, -0.2) is 85.5 Å². The van der Waals surface area contributed by atoms with Gasteiger partial charge in [0.2, 0.25) is 11.8 Å². The van der Waals surface area contributed by atoms with Crippen LogP contribution in [0.15, 0.2) is 58.0 Å². The highest BCUT2D eigenvalue weighted by molar-refractivity contribution is 6.05. The van der Waals surface area contributed by atoms with E-state index in [-0.39, 0.29) is 53.9 Å². The van der Waals surface area contributed by atoms with Crippen molar-refractivity contribution >= 4 is 51.2 Å². The van der Waals surface area contributed by atoms with Gasteiger partial charge in [-0.2, -0.15) is 5.26 Å². The van der Waals surface area contributed by atoms with E-state index in [4.69, 9.17) is 9.40 Å². The van der Waals surface area contributed by atoms with E-state index in [9.17, 15) is 29.5 Å². The first-order valence-electron chi connectivity index (χ1n) is 21.8. The minimum absolute atomic E-state index is 0.0394. The number of aryl methyl sites for hydroxylation is 1. The standard InChI is InChI=1S/C46H51F2N9O6/c1-44(2,62)31-20-33-37(21-32(31)51-40(59)30-19-28(22-49)23-50-24-30)63-42(52-33)29-9-7-27(8-10-29)25-55-16-13-45(46(47,48)26-55)14-17-56(18-15-45)34-5-4-6-35-39(34)54(3)43(61)57(35)36-11-12-38(58)53-41(36)60/h4-6,19-21,23-24,27,29,36,62H,7-18,25-26H2,1-3H3,(H,51,59)(H,53,58,60). The number of hydrogen-bond acceptors (Lipinski definition) is 11. The highest BCUT2D eigenvalue weighted by atomic mass is 19.3. The van der Waals surface area contributed by atoms with Gasteiger partial charge in [-0.25, -0.2) is 18.6 Å². The second-order valence-electron chi connectivity index (χ2n) is 18.5. The monoisotopic (exact) mass is 863 g/mol. The van der Waals surface area contributed by atoms with Crippen LogP contribution in [0.4, 0.5) is 20.2 Å². The molecule has 1 saturated carbocycles. The van der Waals surface area contributed by atoms with Crippen LogP contribution in [0.25, 0.3) is 22.1 Å². The van der Waals surface area contributed by atoms with Crippen molar-refractivity contribution in [1.82, 2.24) is 29.3 Å². The highest BCUT2D eigenvalue weighted by Crippen LogP contribution is 2.52. The fraction of sp³-hybridized carbons (Fsp3) is 0.500. The molecule has 3 amide bonds. The number of amides is 3.